The van der Waals surface area contributed by atoms with Gasteiger partial charge in [-0.05, 0) is 43.9 Å². The van der Waals surface area contributed by atoms with Gasteiger partial charge in [0.25, 0.3) is 5.56 Å². The molecule has 2 aromatic heterocycles. The number of carbonyl (C=O) groups excluding carboxylic acids is 1. The van der Waals surface area contributed by atoms with Crippen LogP contribution in [0.4, 0.5) is 5.69 Å². The molecule has 2 N–H and O–H groups in total. The second-order valence-electron chi connectivity index (χ2n) is 6.48. The Morgan fingerprint density at radius 3 is 2.81 bits per heavy atom. The predicted octanol–water partition coefficient (Wildman–Crippen LogP) is 4.34. The molecule has 0 bridgehead atoms. The molecule has 1 amide bonds. The molecule has 0 saturated carbocycles. The van der Waals surface area contributed by atoms with Gasteiger partial charge in [0.05, 0.1) is 16.9 Å². The molecule has 0 aliphatic carbocycles. The molecule has 27 heavy (non-hydrogen) atoms. The van der Waals surface area contributed by atoms with Crippen LogP contribution in [-0.4, -0.2) is 21.6 Å². The Hall–Kier alpha value is -2.12. The number of amides is 1. The molecule has 0 aliphatic rings. The highest BCUT2D eigenvalue weighted by Gasteiger charge is 2.13. The number of aromatic nitrogens is 2. The summed E-state index contributed by atoms with van der Waals surface area (Å²) in [7, 11) is 0. The number of aryl methyl sites for hydroxylation is 4. The number of carbonyl (C=O) groups is 1. The molecule has 3 aromatic rings. The van der Waals surface area contributed by atoms with Gasteiger partial charge in [0.15, 0.2) is 0 Å². The normalized spacial score (nSPS) is 11.1. The highest BCUT2D eigenvalue weighted by Crippen LogP contribution is 2.26. The molecule has 1 aromatic carbocycles. The zero-order valence-electron chi connectivity index (χ0n) is 15.9. The van der Waals surface area contributed by atoms with Gasteiger partial charge in [-0.2, -0.15) is 0 Å². The van der Waals surface area contributed by atoms with Crippen LogP contribution in [0.3, 0.4) is 0 Å². The molecule has 5 nitrogen and oxygen atoms in total. The van der Waals surface area contributed by atoms with Crippen LogP contribution in [0, 0.1) is 20.8 Å². The summed E-state index contributed by atoms with van der Waals surface area (Å²) in [6, 6.07) is 6.03. The number of thioether (sulfide) groups is 1. The molecule has 2 heterocycles. The zero-order valence-corrected chi connectivity index (χ0v) is 17.6. The van der Waals surface area contributed by atoms with E-state index in [1.165, 1.54) is 23.1 Å². The average Bonchev–Trinajstić information content (AvgIpc) is 2.91. The van der Waals surface area contributed by atoms with Crippen molar-refractivity contribution >= 4 is 44.9 Å². The van der Waals surface area contributed by atoms with E-state index in [1.54, 1.807) is 0 Å². The lowest BCUT2D eigenvalue weighted by Crippen LogP contribution is -2.17. The van der Waals surface area contributed by atoms with Crippen molar-refractivity contribution in [2.75, 3.05) is 11.1 Å². The van der Waals surface area contributed by atoms with Gasteiger partial charge in [0.1, 0.15) is 10.7 Å². The molecule has 0 spiro atoms. The number of benzene rings is 1. The van der Waals surface area contributed by atoms with E-state index in [9.17, 15) is 9.59 Å². The van der Waals surface area contributed by atoms with E-state index in [2.05, 4.69) is 22.2 Å². The zero-order chi connectivity index (χ0) is 19.6. The molecule has 0 unspecified atom stereocenters. The number of thiophene rings is 1. The molecule has 0 atom stereocenters. The smallest absolute Gasteiger partial charge is 0.259 e. The number of rotatable bonds is 6. The van der Waals surface area contributed by atoms with Gasteiger partial charge in [-0.1, -0.05) is 25.1 Å². The van der Waals surface area contributed by atoms with E-state index < -0.39 is 0 Å². The van der Waals surface area contributed by atoms with E-state index in [-0.39, 0.29) is 11.5 Å². The summed E-state index contributed by atoms with van der Waals surface area (Å²) in [6.07, 6.45) is 0.870. The first kappa shape index (κ1) is 19.6. The van der Waals surface area contributed by atoms with Gasteiger partial charge < -0.3 is 10.3 Å². The van der Waals surface area contributed by atoms with Crippen LogP contribution in [0.15, 0.2) is 23.0 Å². The Labute approximate surface area is 166 Å². The number of hydrogen-bond acceptors (Lipinski definition) is 5. The van der Waals surface area contributed by atoms with Crippen molar-refractivity contribution in [3.8, 4) is 0 Å². The first-order valence-corrected chi connectivity index (χ1v) is 10.8. The van der Waals surface area contributed by atoms with Crippen molar-refractivity contribution in [2.24, 2.45) is 0 Å². The Morgan fingerprint density at radius 1 is 1.30 bits per heavy atom. The Morgan fingerprint density at radius 2 is 2.07 bits per heavy atom. The van der Waals surface area contributed by atoms with Crippen molar-refractivity contribution < 1.29 is 4.79 Å². The number of nitrogens with zero attached hydrogens (tertiary/aromatic N) is 1. The summed E-state index contributed by atoms with van der Waals surface area (Å²) in [4.78, 5) is 33.9. The number of anilines is 1. The summed E-state index contributed by atoms with van der Waals surface area (Å²) in [5, 5.41) is 3.69. The maximum Gasteiger partial charge on any atom is 0.259 e. The van der Waals surface area contributed by atoms with Crippen molar-refractivity contribution in [1.82, 2.24) is 9.97 Å². The minimum atomic E-state index is -0.102. The van der Waals surface area contributed by atoms with Crippen molar-refractivity contribution in [2.45, 2.75) is 39.9 Å². The largest absolute Gasteiger partial charge is 0.325 e. The third-order valence-corrected chi connectivity index (χ3v) is 6.61. The van der Waals surface area contributed by atoms with Crippen LogP contribution in [-0.2, 0) is 17.0 Å². The molecule has 3 rings (SSSR count). The molecule has 7 heteroatoms. The van der Waals surface area contributed by atoms with E-state index in [1.807, 2.05) is 39.0 Å². The second kappa shape index (κ2) is 8.27. The molecule has 0 radical (unpaired) electrons. The number of para-hydroxylation sites is 1. The van der Waals surface area contributed by atoms with E-state index >= 15 is 0 Å². The minimum absolute atomic E-state index is 0.0461. The molecule has 0 saturated heterocycles. The van der Waals surface area contributed by atoms with Crippen LogP contribution < -0.4 is 10.9 Å². The van der Waals surface area contributed by atoms with Crippen LogP contribution in [0.5, 0.6) is 0 Å². The van der Waals surface area contributed by atoms with E-state index in [4.69, 9.17) is 0 Å². The Balaban J connectivity index is 1.64. The number of H-pyrrole nitrogens is 1. The van der Waals surface area contributed by atoms with Crippen LogP contribution in [0.2, 0.25) is 0 Å². The minimum Gasteiger partial charge on any atom is -0.325 e. The first-order valence-electron chi connectivity index (χ1n) is 8.85. The monoisotopic (exact) mass is 401 g/mol. The summed E-state index contributed by atoms with van der Waals surface area (Å²) in [5.41, 5.74) is 3.99. The van der Waals surface area contributed by atoms with Gasteiger partial charge >= 0.3 is 0 Å². The fraction of sp³-hybridized carbons (Fsp3) is 0.350. The van der Waals surface area contributed by atoms with E-state index in [0.29, 0.717) is 22.7 Å². The number of nitrogens with one attached hydrogen (secondary N) is 2. The van der Waals surface area contributed by atoms with Crippen molar-refractivity contribution in [3.05, 3.63) is 55.9 Å². The topological polar surface area (TPSA) is 74.8 Å². The second-order valence-corrected chi connectivity index (χ2v) is 8.67. The number of hydrogen-bond donors (Lipinski definition) is 2. The van der Waals surface area contributed by atoms with Gasteiger partial charge in [-0.15, -0.1) is 23.1 Å². The quantitative estimate of drug-likeness (QED) is 0.644. The predicted molar refractivity (Wildman–Crippen MR) is 115 cm³/mol. The summed E-state index contributed by atoms with van der Waals surface area (Å²) in [6.45, 7) is 8.01. The van der Waals surface area contributed by atoms with Crippen LogP contribution in [0.1, 0.15) is 34.3 Å². The maximum absolute atomic E-state index is 12.3. The fourth-order valence-electron chi connectivity index (χ4n) is 2.99. The highest BCUT2D eigenvalue weighted by molar-refractivity contribution is 7.99. The lowest BCUT2D eigenvalue weighted by atomic mass is 10.1. The van der Waals surface area contributed by atoms with Gasteiger partial charge in [0, 0.05) is 10.6 Å². The standard InChI is InChI=1S/C20H23N3O2S2/c1-5-14-8-6-7-11(2)18(14)23-16(24)10-26-9-15-21-19(25)17-12(3)13(4)27-20(17)22-15/h6-8H,5,9-10H2,1-4H3,(H,23,24)(H,21,22,25). The SMILES string of the molecule is CCc1cccc(C)c1NC(=O)CSCc1nc2sc(C)c(C)c2c(=O)[nH]1. The Bertz CT molecular complexity index is 1050. The van der Waals surface area contributed by atoms with Gasteiger partial charge in [-0.3, -0.25) is 9.59 Å². The van der Waals surface area contributed by atoms with E-state index in [0.717, 1.165) is 38.5 Å². The summed E-state index contributed by atoms with van der Waals surface area (Å²) < 4.78 is 0. The third kappa shape index (κ3) is 4.25. The maximum atomic E-state index is 12.3. The highest BCUT2D eigenvalue weighted by atomic mass is 32.2. The summed E-state index contributed by atoms with van der Waals surface area (Å²) in [5.74, 6) is 1.36. The number of fused-ring (bicyclic) bond motifs is 1. The average molecular weight is 402 g/mol. The molecule has 0 fully saturated rings. The van der Waals surface area contributed by atoms with Crippen molar-refractivity contribution in [3.63, 3.8) is 0 Å². The third-order valence-electron chi connectivity index (χ3n) is 4.56. The van der Waals surface area contributed by atoms with Crippen LogP contribution >= 0.6 is 23.1 Å². The molecular weight excluding hydrogens is 378 g/mol. The first-order chi connectivity index (χ1) is 12.9. The lowest BCUT2D eigenvalue weighted by Gasteiger charge is -2.12. The van der Waals surface area contributed by atoms with Gasteiger partial charge in [-0.25, -0.2) is 4.98 Å². The van der Waals surface area contributed by atoms with Gasteiger partial charge in [0.2, 0.25) is 5.91 Å². The molecule has 0 aliphatic heterocycles. The van der Waals surface area contributed by atoms with Crippen LogP contribution in [0.25, 0.3) is 10.2 Å². The fourth-order valence-corrected chi connectivity index (χ4v) is 4.72. The lowest BCUT2D eigenvalue weighted by molar-refractivity contribution is -0.113. The number of aromatic amines is 1. The Kier molecular flexibility index (Phi) is 6.01. The molecule has 142 valence electrons. The summed E-state index contributed by atoms with van der Waals surface area (Å²) >= 11 is 2.98. The van der Waals surface area contributed by atoms with Crippen molar-refractivity contribution in [1.29, 1.82) is 0 Å². The molecular formula is C20H23N3O2S2.